The number of halogens is 1. The van der Waals surface area contributed by atoms with Gasteiger partial charge >= 0.3 is 6.03 Å². The smallest absolute Gasteiger partial charge is 0.324 e. The first kappa shape index (κ1) is 11.9. The number of carbonyl (C=O) groups is 2. The lowest BCUT2D eigenvalue weighted by Crippen LogP contribution is -2.34. The molecule has 0 aliphatic carbocycles. The number of imide groups is 1. The maximum absolute atomic E-state index is 11.3. The minimum absolute atomic E-state index is 0.00777. The number of carbonyl (C=O) groups excluding carboxylic acids is 2. The van der Waals surface area contributed by atoms with E-state index >= 15 is 0 Å². The number of benzene rings is 1. The van der Waals surface area contributed by atoms with E-state index in [9.17, 15) is 14.7 Å². The van der Waals surface area contributed by atoms with E-state index in [-0.39, 0.29) is 19.0 Å². The number of nitrogens with one attached hydrogen (secondary N) is 1. The van der Waals surface area contributed by atoms with E-state index in [4.69, 9.17) is 11.6 Å². The maximum atomic E-state index is 11.3. The fourth-order valence-electron chi connectivity index (χ4n) is 1.60. The molecule has 5 nitrogen and oxygen atoms in total. The second-order valence-corrected chi connectivity index (χ2v) is 4.17. The highest BCUT2D eigenvalue weighted by Crippen LogP contribution is 2.18. The topological polar surface area (TPSA) is 69.6 Å². The minimum atomic E-state index is -0.903. The third-order valence-corrected chi connectivity index (χ3v) is 2.80. The number of aliphatic hydroxyl groups is 1. The zero-order chi connectivity index (χ0) is 12.4. The Kier molecular flexibility index (Phi) is 3.31. The average Bonchev–Trinajstić information content (AvgIpc) is 2.61. The van der Waals surface area contributed by atoms with E-state index < -0.39 is 12.1 Å². The molecular formula is C11H11ClN2O3. The number of nitrogens with zero attached hydrogens (tertiary/aromatic N) is 1. The highest BCUT2D eigenvalue weighted by atomic mass is 35.5. The van der Waals surface area contributed by atoms with Gasteiger partial charge in [-0.3, -0.25) is 9.69 Å². The lowest BCUT2D eigenvalue weighted by molar-refractivity contribution is -0.126. The monoisotopic (exact) mass is 254 g/mol. The molecule has 1 fully saturated rings. The summed E-state index contributed by atoms with van der Waals surface area (Å²) in [5, 5.41) is 12.8. The number of urea groups is 1. The van der Waals surface area contributed by atoms with Crippen molar-refractivity contribution in [2.75, 3.05) is 13.1 Å². The molecule has 1 saturated heterocycles. The predicted octanol–water partition coefficient (Wildman–Crippen LogP) is 0.925. The van der Waals surface area contributed by atoms with Crippen molar-refractivity contribution in [3.05, 3.63) is 34.9 Å². The van der Waals surface area contributed by atoms with Crippen molar-refractivity contribution in [2.45, 2.75) is 6.10 Å². The van der Waals surface area contributed by atoms with Crippen LogP contribution in [0.25, 0.3) is 0 Å². The number of aliphatic hydroxyl groups excluding tert-OH is 1. The molecule has 0 bridgehead atoms. The number of β-amino-alcohol motifs (C(OH)–C–C–N with tert-alkyl or cyclic N) is 1. The molecule has 1 aliphatic heterocycles. The highest BCUT2D eigenvalue weighted by Gasteiger charge is 2.30. The molecular weight excluding hydrogens is 244 g/mol. The Morgan fingerprint density at radius 3 is 2.53 bits per heavy atom. The zero-order valence-corrected chi connectivity index (χ0v) is 9.65. The van der Waals surface area contributed by atoms with E-state index in [1.165, 1.54) is 0 Å². The van der Waals surface area contributed by atoms with Gasteiger partial charge in [0.2, 0.25) is 5.91 Å². The van der Waals surface area contributed by atoms with Gasteiger partial charge in [0.1, 0.15) is 0 Å². The summed E-state index contributed by atoms with van der Waals surface area (Å²) < 4.78 is 0. The van der Waals surface area contributed by atoms with Gasteiger partial charge in [0.15, 0.2) is 0 Å². The van der Waals surface area contributed by atoms with Crippen molar-refractivity contribution >= 4 is 23.5 Å². The van der Waals surface area contributed by atoms with Crippen LogP contribution in [0, 0.1) is 0 Å². The number of rotatable bonds is 3. The van der Waals surface area contributed by atoms with Crippen LogP contribution in [0.3, 0.4) is 0 Å². The van der Waals surface area contributed by atoms with Gasteiger partial charge in [-0.25, -0.2) is 4.79 Å². The molecule has 2 rings (SSSR count). The Hall–Kier alpha value is -1.59. The van der Waals surface area contributed by atoms with Crippen molar-refractivity contribution in [1.29, 1.82) is 0 Å². The lowest BCUT2D eigenvalue weighted by Gasteiger charge is -2.17. The van der Waals surface area contributed by atoms with Crippen molar-refractivity contribution in [1.82, 2.24) is 10.2 Å². The molecule has 1 heterocycles. The van der Waals surface area contributed by atoms with E-state index in [1.54, 1.807) is 24.3 Å². The first-order valence-electron chi connectivity index (χ1n) is 5.09. The van der Waals surface area contributed by atoms with Crippen LogP contribution in [0.4, 0.5) is 4.79 Å². The Bertz CT molecular complexity index is 431. The molecule has 0 spiro atoms. The second-order valence-electron chi connectivity index (χ2n) is 3.73. The molecule has 6 heteroatoms. The Balaban J connectivity index is 2.06. The molecule has 1 atom stereocenters. The fourth-order valence-corrected chi connectivity index (χ4v) is 1.73. The van der Waals surface area contributed by atoms with Gasteiger partial charge in [0.05, 0.1) is 19.2 Å². The van der Waals surface area contributed by atoms with Gasteiger partial charge in [-0.05, 0) is 17.7 Å². The standard InChI is InChI=1S/C11H11ClN2O3/c12-8-3-1-7(2-4-8)9(15)6-14-10(16)5-13-11(14)17/h1-4,9,15H,5-6H2,(H,13,17). The summed E-state index contributed by atoms with van der Waals surface area (Å²) in [6.45, 7) is -0.0571. The zero-order valence-electron chi connectivity index (χ0n) is 8.89. The molecule has 0 aromatic heterocycles. The summed E-state index contributed by atoms with van der Waals surface area (Å²) in [4.78, 5) is 23.6. The van der Waals surface area contributed by atoms with Gasteiger partial charge in [-0.15, -0.1) is 0 Å². The molecule has 3 amide bonds. The van der Waals surface area contributed by atoms with Gasteiger partial charge < -0.3 is 10.4 Å². The van der Waals surface area contributed by atoms with Crippen LogP contribution in [-0.2, 0) is 4.79 Å². The van der Waals surface area contributed by atoms with Gasteiger partial charge in [0.25, 0.3) is 0 Å². The van der Waals surface area contributed by atoms with Crippen LogP contribution in [0.1, 0.15) is 11.7 Å². The molecule has 0 saturated carbocycles. The quantitative estimate of drug-likeness (QED) is 0.789. The molecule has 2 N–H and O–H groups in total. The minimum Gasteiger partial charge on any atom is -0.387 e. The second kappa shape index (κ2) is 4.73. The first-order valence-corrected chi connectivity index (χ1v) is 5.47. The fraction of sp³-hybridized carbons (Fsp3) is 0.273. The Morgan fingerprint density at radius 1 is 1.35 bits per heavy atom. The summed E-state index contributed by atoms with van der Waals surface area (Å²) in [6, 6.07) is 6.14. The van der Waals surface area contributed by atoms with E-state index in [0.29, 0.717) is 10.6 Å². The first-order chi connectivity index (χ1) is 8.08. The Labute approximate surface area is 103 Å². The van der Waals surface area contributed by atoms with Crippen molar-refractivity contribution in [3.8, 4) is 0 Å². The van der Waals surface area contributed by atoms with Crippen molar-refractivity contribution in [3.63, 3.8) is 0 Å². The van der Waals surface area contributed by atoms with Gasteiger partial charge in [-0.1, -0.05) is 23.7 Å². The van der Waals surface area contributed by atoms with Crippen LogP contribution in [0.2, 0.25) is 5.02 Å². The molecule has 1 aliphatic rings. The average molecular weight is 255 g/mol. The molecule has 1 aromatic carbocycles. The normalized spacial score (nSPS) is 17.2. The summed E-state index contributed by atoms with van der Waals surface area (Å²) in [5.74, 6) is -0.331. The van der Waals surface area contributed by atoms with E-state index in [0.717, 1.165) is 4.90 Å². The SMILES string of the molecule is O=C1CNC(=O)N1CC(O)c1ccc(Cl)cc1. The third kappa shape index (κ3) is 2.57. The largest absolute Gasteiger partial charge is 0.387 e. The lowest BCUT2D eigenvalue weighted by atomic mass is 10.1. The van der Waals surface area contributed by atoms with E-state index in [1.807, 2.05) is 0 Å². The van der Waals surface area contributed by atoms with Gasteiger partial charge in [-0.2, -0.15) is 0 Å². The summed E-state index contributed by atoms with van der Waals surface area (Å²) in [7, 11) is 0. The summed E-state index contributed by atoms with van der Waals surface area (Å²) in [6.07, 6.45) is -0.903. The van der Waals surface area contributed by atoms with Gasteiger partial charge in [0, 0.05) is 5.02 Å². The summed E-state index contributed by atoms with van der Waals surface area (Å²) >= 11 is 5.72. The van der Waals surface area contributed by atoms with Crippen LogP contribution >= 0.6 is 11.6 Å². The van der Waals surface area contributed by atoms with Crippen molar-refractivity contribution in [2.24, 2.45) is 0 Å². The molecule has 1 aromatic rings. The molecule has 90 valence electrons. The molecule has 0 radical (unpaired) electrons. The summed E-state index contributed by atoms with van der Waals surface area (Å²) in [5.41, 5.74) is 0.613. The predicted molar refractivity (Wildman–Crippen MR) is 61.5 cm³/mol. The maximum Gasteiger partial charge on any atom is 0.324 e. The molecule has 1 unspecified atom stereocenters. The number of amides is 3. The highest BCUT2D eigenvalue weighted by molar-refractivity contribution is 6.30. The third-order valence-electron chi connectivity index (χ3n) is 2.55. The molecule has 17 heavy (non-hydrogen) atoms. The Morgan fingerprint density at radius 2 is 2.00 bits per heavy atom. The number of hydrogen-bond donors (Lipinski definition) is 2. The van der Waals surface area contributed by atoms with Crippen LogP contribution in [0.15, 0.2) is 24.3 Å². The van der Waals surface area contributed by atoms with Crippen LogP contribution in [-0.4, -0.2) is 35.0 Å². The van der Waals surface area contributed by atoms with Crippen LogP contribution in [0.5, 0.6) is 0 Å². The van der Waals surface area contributed by atoms with E-state index in [2.05, 4.69) is 5.32 Å². The number of hydrogen-bond acceptors (Lipinski definition) is 3. The van der Waals surface area contributed by atoms with Crippen molar-refractivity contribution < 1.29 is 14.7 Å². The van der Waals surface area contributed by atoms with Crippen LogP contribution < -0.4 is 5.32 Å².